The maximum atomic E-state index is 12.6. The Morgan fingerprint density at radius 3 is 2.61 bits per heavy atom. The fraction of sp³-hybridized carbons (Fsp3) is 0.294. The molecular formula is C17H21N3O3. The molecule has 6 nitrogen and oxygen atoms in total. The van der Waals surface area contributed by atoms with Gasteiger partial charge >= 0.3 is 6.03 Å². The molecule has 1 aromatic carbocycles. The lowest BCUT2D eigenvalue weighted by Crippen LogP contribution is -2.36. The van der Waals surface area contributed by atoms with E-state index < -0.39 is 0 Å². The van der Waals surface area contributed by atoms with Gasteiger partial charge in [-0.05, 0) is 29.8 Å². The molecule has 2 rings (SSSR count). The number of hydrogen-bond acceptors (Lipinski definition) is 4. The maximum Gasteiger partial charge on any atom is 0.322 e. The summed E-state index contributed by atoms with van der Waals surface area (Å²) in [4.78, 5) is 18.3. The van der Waals surface area contributed by atoms with Crippen LogP contribution in [0.4, 0.5) is 10.5 Å². The molecule has 1 N–H and O–H groups in total. The van der Waals surface area contributed by atoms with Gasteiger partial charge in [0.2, 0.25) is 0 Å². The molecule has 0 unspecified atom stereocenters. The van der Waals surface area contributed by atoms with Crippen LogP contribution in [-0.2, 0) is 11.3 Å². The molecule has 0 radical (unpaired) electrons. The molecule has 0 atom stereocenters. The first kappa shape index (κ1) is 16.8. The summed E-state index contributed by atoms with van der Waals surface area (Å²) in [6.07, 6.45) is 3.42. The minimum Gasteiger partial charge on any atom is -0.495 e. The predicted octanol–water partition coefficient (Wildman–Crippen LogP) is 2.77. The minimum atomic E-state index is -0.205. The fourth-order valence-corrected chi connectivity index (χ4v) is 2.10. The monoisotopic (exact) mass is 315 g/mol. The number of amides is 2. The summed E-state index contributed by atoms with van der Waals surface area (Å²) in [6.45, 7) is 1.43. The molecule has 1 heterocycles. The molecule has 2 amide bonds. The van der Waals surface area contributed by atoms with Crippen LogP contribution in [0.25, 0.3) is 0 Å². The van der Waals surface area contributed by atoms with Gasteiger partial charge in [0.1, 0.15) is 5.75 Å². The number of nitrogens with one attached hydrogen (secondary N) is 1. The van der Waals surface area contributed by atoms with Gasteiger partial charge in [0.15, 0.2) is 0 Å². The quantitative estimate of drug-likeness (QED) is 0.853. The van der Waals surface area contributed by atoms with Gasteiger partial charge in [-0.2, -0.15) is 0 Å². The Balaban J connectivity index is 2.09. The molecular weight excluding hydrogens is 294 g/mol. The van der Waals surface area contributed by atoms with Gasteiger partial charge in [-0.3, -0.25) is 4.98 Å². The Labute approximate surface area is 136 Å². The lowest BCUT2D eigenvalue weighted by molar-refractivity contribution is 0.153. The first-order chi connectivity index (χ1) is 11.2. The van der Waals surface area contributed by atoms with E-state index in [0.29, 0.717) is 31.1 Å². The van der Waals surface area contributed by atoms with Gasteiger partial charge in [0, 0.05) is 32.6 Å². The summed E-state index contributed by atoms with van der Waals surface area (Å²) in [5.74, 6) is 0.622. The third-order valence-electron chi connectivity index (χ3n) is 3.32. The van der Waals surface area contributed by atoms with Crippen molar-refractivity contribution in [3.8, 4) is 5.75 Å². The van der Waals surface area contributed by atoms with Crippen molar-refractivity contribution in [3.63, 3.8) is 0 Å². The zero-order valence-electron chi connectivity index (χ0n) is 13.4. The predicted molar refractivity (Wildman–Crippen MR) is 88.5 cm³/mol. The summed E-state index contributed by atoms with van der Waals surface area (Å²) >= 11 is 0. The van der Waals surface area contributed by atoms with Crippen molar-refractivity contribution in [1.29, 1.82) is 0 Å². The lowest BCUT2D eigenvalue weighted by atomic mass is 10.2. The Kier molecular flexibility index (Phi) is 6.38. The van der Waals surface area contributed by atoms with Gasteiger partial charge in [-0.15, -0.1) is 0 Å². The first-order valence-electron chi connectivity index (χ1n) is 7.31. The number of urea groups is 1. The zero-order chi connectivity index (χ0) is 16.5. The molecule has 0 saturated carbocycles. The first-order valence-corrected chi connectivity index (χ1v) is 7.31. The third kappa shape index (κ3) is 4.96. The summed E-state index contributed by atoms with van der Waals surface area (Å²) in [5, 5.41) is 2.88. The number of benzene rings is 1. The van der Waals surface area contributed by atoms with Crippen LogP contribution in [-0.4, -0.2) is 43.3 Å². The average molecular weight is 315 g/mol. The van der Waals surface area contributed by atoms with E-state index in [2.05, 4.69) is 10.3 Å². The number of aromatic nitrogens is 1. The van der Waals surface area contributed by atoms with Crippen molar-refractivity contribution in [2.45, 2.75) is 6.54 Å². The van der Waals surface area contributed by atoms with Gasteiger partial charge in [0.05, 0.1) is 19.4 Å². The largest absolute Gasteiger partial charge is 0.495 e. The summed E-state index contributed by atoms with van der Waals surface area (Å²) in [6, 6.07) is 10.9. The van der Waals surface area contributed by atoms with Gasteiger partial charge in [-0.1, -0.05) is 12.1 Å². The van der Waals surface area contributed by atoms with Crippen LogP contribution in [0.5, 0.6) is 5.75 Å². The van der Waals surface area contributed by atoms with E-state index >= 15 is 0 Å². The van der Waals surface area contributed by atoms with Crippen LogP contribution in [0.15, 0.2) is 48.8 Å². The number of anilines is 1. The molecule has 0 bridgehead atoms. The summed E-state index contributed by atoms with van der Waals surface area (Å²) in [5.41, 5.74) is 1.64. The second-order valence-corrected chi connectivity index (χ2v) is 4.90. The number of nitrogens with zero attached hydrogens (tertiary/aromatic N) is 2. The van der Waals surface area contributed by atoms with E-state index in [1.165, 1.54) is 0 Å². The fourth-order valence-electron chi connectivity index (χ4n) is 2.10. The molecule has 0 aliphatic heterocycles. The minimum absolute atomic E-state index is 0.205. The SMILES string of the molecule is COCCN(Cc1ccncc1)C(=O)Nc1ccccc1OC. The van der Waals surface area contributed by atoms with Crippen LogP contribution in [0, 0.1) is 0 Å². The Hall–Kier alpha value is -2.60. The third-order valence-corrected chi connectivity index (χ3v) is 3.32. The van der Waals surface area contributed by atoms with E-state index in [0.717, 1.165) is 5.56 Å². The molecule has 1 aromatic heterocycles. The number of methoxy groups -OCH3 is 2. The normalized spacial score (nSPS) is 10.2. The topological polar surface area (TPSA) is 63.7 Å². The summed E-state index contributed by atoms with van der Waals surface area (Å²) in [7, 11) is 3.19. The van der Waals surface area contributed by atoms with Crippen LogP contribution < -0.4 is 10.1 Å². The highest BCUT2D eigenvalue weighted by Crippen LogP contribution is 2.23. The molecule has 6 heteroatoms. The molecule has 0 aliphatic carbocycles. The number of hydrogen-bond donors (Lipinski definition) is 1. The average Bonchev–Trinajstić information content (AvgIpc) is 2.60. The number of para-hydroxylation sites is 2. The van der Waals surface area contributed by atoms with E-state index in [9.17, 15) is 4.79 Å². The molecule has 0 saturated heterocycles. The van der Waals surface area contributed by atoms with Crippen molar-refractivity contribution < 1.29 is 14.3 Å². The van der Waals surface area contributed by atoms with Gasteiger partial charge in [0.25, 0.3) is 0 Å². The van der Waals surface area contributed by atoms with Crippen LogP contribution in [0.1, 0.15) is 5.56 Å². The molecule has 0 aliphatic rings. The Bertz CT molecular complexity index is 619. The molecule has 2 aromatic rings. The van der Waals surface area contributed by atoms with E-state index in [1.807, 2.05) is 24.3 Å². The molecule has 23 heavy (non-hydrogen) atoms. The van der Waals surface area contributed by atoms with Gasteiger partial charge < -0.3 is 19.7 Å². The molecule has 0 fully saturated rings. The van der Waals surface area contributed by atoms with E-state index in [4.69, 9.17) is 9.47 Å². The molecule has 0 spiro atoms. The highest BCUT2D eigenvalue weighted by Gasteiger charge is 2.15. The van der Waals surface area contributed by atoms with Crippen molar-refractivity contribution in [2.75, 3.05) is 32.7 Å². The lowest BCUT2D eigenvalue weighted by Gasteiger charge is -2.23. The maximum absolute atomic E-state index is 12.6. The zero-order valence-corrected chi connectivity index (χ0v) is 13.4. The van der Waals surface area contributed by atoms with E-state index in [-0.39, 0.29) is 6.03 Å². The second kappa shape index (κ2) is 8.75. The van der Waals surface area contributed by atoms with Gasteiger partial charge in [-0.25, -0.2) is 4.79 Å². The van der Waals surface area contributed by atoms with E-state index in [1.54, 1.807) is 43.6 Å². The van der Waals surface area contributed by atoms with Crippen molar-refractivity contribution >= 4 is 11.7 Å². The van der Waals surface area contributed by atoms with Crippen molar-refractivity contribution in [1.82, 2.24) is 9.88 Å². The summed E-state index contributed by atoms with van der Waals surface area (Å²) < 4.78 is 10.4. The second-order valence-electron chi connectivity index (χ2n) is 4.90. The number of carbonyl (C=O) groups excluding carboxylic acids is 1. The molecule has 122 valence electrons. The van der Waals surface area contributed by atoms with Crippen molar-refractivity contribution in [2.24, 2.45) is 0 Å². The Morgan fingerprint density at radius 1 is 1.17 bits per heavy atom. The smallest absolute Gasteiger partial charge is 0.322 e. The van der Waals surface area contributed by atoms with Crippen LogP contribution in [0.2, 0.25) is 0 Å². The number of rotatable bonds is 7. The Morgan fingerprint density at radius 2 is 1.91 bits per heavy atom. The highest BCUT2D eigenvalue weighted by molar-refractivity contribution is 5.91. The highest BCUT2D eigenvalue weighted by atomic mass is 16.5. The number of pyridine rings is 1. The van der Waals surface area contributed by atoms with Crippen LogP contribution in [0.3, 0.4) is 0 Å². The number of carbonyl (C=O) groups is 1. The van der Waals surface area contributed by atoms with Crippen LogP contribution >= 0.6 is 0 Å². The standard InChI is InChI=1S/C17H21N3O3/c1-22-12-11-20(13-14-7-9-18-10-8-14)17(21)19-15-5-3-4-6-16(15)23-2/h3-10H,11-13H2,1-2H3,(H,19,21). The van der Waals surface area contributed by atoms with Crippen molar-refractivity contribution in [3.05, 3.63) is 54.4 Å². The number of ether oxygens (including phenoxy) is 2.